The monoisotopic (exact) mass is 944 g/mol. The fraction of sp³-hybridized carbons (Fsp3) is 0.0833. The Morgan fingerprint density at radius 1 is 0.284 bits per heavy atom. The fourth-order valence-electron chi connectivity index (χ4n) is 13.0. The molecule has 350 valence electrons. The lowest BCUT2D eigenvalue weighted by atomic mass is 9.79. The van der Waals surface area contributed by atoms with Crippen molar-refractivity contribution in [2.45, 2.75) is 38.5 Å². The van der Waals surface area contributed by atoms with E-state index in [9.17, 15) is 0 Å². The second-order valence-electron chi connectivity index (χ2n) is 21.8. The number of para-hydroxylation sites is 3. The number of benzene rings is 11. The van der Waals surface area contributed by atoms with E-state index in [-0.39, 0.29) is 10.8 Å². The van der Waals surface area contributed by atoms with Crippen LogP contribution in [0.5, 0.6) is 0 Å². The van der Waals surface area contributed by atoms with Crippen molar-refractivity contribution in [3.05, 3.63) is 264 Å². The van der Waals surface area contributed by atoms with Crippen molar-refractivity contribution in [2.75, 3.05) is 0 Å². The molecule has 2 heterocycles. The van der Waals surface area contributed by atoms with E-state index in [2.05, 4.69) is 280 Å². The highest BCUT2D eigenvalue weighted by atomic mass is 15.0. The number of hydrogen-bond acceptors (Lipinski definition) is 0. The molecule has 0 radical (unpaired) electrons. The van der Waals surface area contributed by atoms with Crippen LogP contribution >= 0.6 is 0 Å². The third-order valence-electron chi connectivity index (χ3n) is 16.9. The Morgan fingerprint density at radius 3 is 1.41 bits per heavy atom. The number of nitrogens with zero attached hydrogens (tertiary/aromatic N) is 2. The third-order valence-corrected chi connectivity index (χ3v) is 16.9. The first-order valence-corrected chi connectivity index (χ1v) is 26.1. The minimum absolute atomic E-state index is 0.145. The lowest BCUT2D eigenvalue weighted by molar-refractivity contribution is 0.652. The van der Waals surface area contributed by atoms with E-state index >= 15 is 0 Å². The maximum atomic E-state index is 2.53. The molecule has 15 rings (SSSR count). The molecule has 0 unspecified atom stereocenters. The van der Waals surface area contributed by atoms with Gasteiger partial charge in [0, 0.05) is 43.7 Å². The van der Waals surface area contributed by atoms with Gasteiger partial charge in [0.25, 0.3) is 0 Å². The smallest absolute Gasteiger partial charge is 0.0541 e. The molecule has 2 nitrogen and oxygen atoms in total. The van der Waals surface area contributed by atoms with Crippen molar-refractivity contribution in [1.82, 2.24) is 9.13 Å². The summed E-state index contributed by atoms with van der Waals surface area (Å²) in [6, 6.07) is 86.0. The van der Waals surface area contributed by atoms with E-state index < -0.39 is 0 Å². The van der Waals surface area contributed by atoms with Crippen LogP contribution in [-0.4, -0.2) is 9.13 Å². The van der Waals surface area contributed by atoms with Gasteiger partial charge in [-0.15, -0.1) is 0 Å². The topological polar surface area (TPSA) is 9.86 Å². The first kappa shape index (κ1) is 42.7. The van der Waals surface area contributed by atoms with Gasteiger partial charge in [-0.2, -0.15) is 0 Å². The van der Waals surface area contributed by atoms with Gasteiger partial charge in [0.1, 0.15) is 0 Å². The second-order valence-corrected chi connectivity index (χ2v) is 21.8. The highest BCUT2D eigenvalue weighted by molar-refractivity contribution is 6.12. The van der Waals surface area contributed by atoms with Gasteiger partial charge in [-0.3, -0.25) is 0 Å². The Kier molecular flexibility index (Phi) is 9.09. The Hall–Kier alpha value is -8.98. The summed E-state index contributed by atoms with van der Waals surface area (Å²) in [6.45, 7) is 9.65. The van der Waals surface area contributed by atoms with Crippen molar-refractivity contribution >= 4 is 66.5 Å². The van der Waals surface area contributed by atoms with Gasteiger partial charge < -0.3 is 9.13 Å². The minimum Gasteiger partial charge on any atom is -0.309 e. The molecule has 13 aromatic rings. The maximum Gasteiger partial charge on any atom is 0.0541 e. The standard InChI is InChI=1S/C72H52N2/c1-71(2)63-38-46(23-22-45-24-27-48(28-25-45)50-31-36-69-61(40-50)57-18-10-12-20-67(57)73(69)53-16-6-5-7-17-53)26-34-55(63)59-43-66-60(44-65(59)71)56-35-30-52(42-64(56)72(66,3)4)51-32-37-70-62(41-51)58-19-11-13-21-68(58)74(70)54-33-29-47-14-8-9-15-49(47)39-54/h5-44H,1-4H3. The van der Waals surface area contributed by atoms with E-state index in [0.717, 1.165) is 0 Å². The average Bonchev–Trinajstić information content (AvgIpc) is 4.17. The average molecular weight is 945 g/mol. The summed E-state index contributed by atoms with van der Waals surface area (Å²) in [5.41, 5.74) is 25.3. The quantitative estimate of drug-likeness (QED) is 0.147. The molecule has 0 saturated carbocycles. The molecule has 2 heteroatoms. The molecule has 0 aliphatic heterocycles. The highest BCUT2D eigenvalue weighted by Crippen LogP contribution is 2.57. The first-order valence-electron chi connectivity index (χ1n) is 26.1. The summed E-state index contributed by atoms with van der Waals surface area (Å²) in [4.78, 5) is 0. The van der Waals surface area contributed by atoms with Gasteiger partial charge in [-0.05, 0) is 168 Å². The van der Waals surface area contributed by atoms with Gasteiger partial charge >= 0.3 is 0 Å². The fourth-order valence-corrected chi connectivity index (χ4v) is 13.0. The molecule has 11 aromatic carbocycles. The van der Waals surface area contributed by atoms with Crippen LogP contribution in [0.3, 0.4) is 0 Å². The minimum atomic E-state index is -0.160. The van der Waals surface area contributed by atoms with Gasteiger partial charge in [-0.25, -0.2) is 0 Å². The molecule has 0 atom stereocenters. The van der Waals surface area contributed by atoms with Gasteiger partial charge in [0.05, 0.1) is 22.1 Å². The van der Waals surface area contributed by atoms with E-state index in [0.29, 0.717) is 0 Å². The zero-order chi connectivity index (χ0) is 49.5. The third kappa shape index (κ3) is 6.31. The van der Waals surface area contributed by atoms with Crippen molar-refractivity contribution < 1.29 is 0 Å². The summed E-state index contributed by atoms with van der Waals surface area (Å²) in [5.74, 6) is 0. The molecule has 2 aliphatic rings. The Bertz CT molecular complexity index is 4520. The zero-order valence-electron chi connectivity index (χ0n) is 42.0. The molecule has 74 heavy (non-hydrogen) atoms. The summed E-state index contributed by atoms with van der Waals surface area (Å²) < 4.78 is 4.80. The molecule has 0 bridgehead atoms. The Balaban J connectivity index is 0.713. The number of rotatable bonds is 6. The summed E-state index contributed by atoms with van der Waals surface area (Å²) in [5, 5.41) is 7.58. The van der Waals surface area contributed by atoms with E-state index in [1.54, 1.807) is 0 Å². The van der Waals surface area contributed by atoms with E-state index in [1.165, 1.54) is 144 Å². The van der Waals surface area contributed by atoms with Crippen LogP contribution < -0.4 is 0 Å². The molecule has 0 spiro atoms. The maximum absolute atomic E-state index is 2.53. The van der Waals surface area contributed by atoms with Crippen LogP contribution in [0.4, 0.5) is 0 Å². The Labute approximate surface area is 431 Å². The molecular formula is C72H52N2. The summed E-state index contributed by atoms with van der Waals surface area (Å²) in [6.07, 6.45) is 4.53. The molecule has 0 saturated heterocycles. The second kappa shape index (κ2) is 15.8. The van der Waals surface area contributed by atoms with Crippen LogP contribution in [0.2, 0.25) is 0 Å². The van der Waals surface area contributed by atoms with Crippen molar-refractivity contribution in [3.8, 4) is 55.9 Å². The van der Waals surface area contributed by atoms with Crippen LogP contribution in [0.15, 0.2) is 231 Å². The largest absolute Gasteiger partial charge is 0.309 e. The number of hydrogen-bond donors (Lipinski definition) is 0. The van der Waals surface area contributed by atoms with Crippen molar-refractivity contribution in [2.24, 2.45) is 0 Å². The van der Waals surface area contributed by atoms with Crippen LogP contribution in [0, 0.1) is 0 Å². The molecular weight excluding hydrogens is 893 g/mol. The predicted molar refractivity (Wildman–Crippen MR) is 314 cm³/mol. The summed E-state index contributed by atoms with van der Waals surface area (Å²) >= 11 is 0. The van der Waals surface area contributed by atoms with Gasteiger partial charge in [-0.1, -0.05) is 192 Å². The van der Waals surface area contributed by atoms with Gasteiger partial charge in [0.15, 0.2) is 0 Å². The normalized spacial score (nSPS) is 14.1. The lowest BCUT2D eigenvalue weighted by Crippen LogP contribution is -2.17. The lowest BCUT2D eigenvalue weighted by Gasteiger charge is -2.24. The highest BCUT2D eigenvalue weighted by Gasteiger charge is 2.42. The molecule has 0 N–H and O–H groups in total. The first-order chi connectivity index (χ1) is 36.2. The molecule has 0 amide bonds. The molecule has 2 aromatic heterocycles. The number of fused-ring (bicyclic) bond motifs is 13. The SMILES string of the molecule is CC1(C)c2cc(C=Cc3ccc(-c4ccc5c(c4)c4ccccc4n5-c4ccccc4)cc3)ccc2-c2cc3c(cc21)-c1ccc(-c2ccc4c(c2)c2ccccc2n4-c2ccc4ccccc4c2)cc1C3(C)C. The van der Waals surface area contributed by atoms with Crippen LogP contribution in [0.1, 0.15) is 61.1 Å². The van der Waals surface area contributed by atoms with Crippen molar-refractivity contribution in [1.29, 1.82) is 0 Å². The van der Waals surface area contributed by atoms with Crippen molar-refractivity contribution in [3.63, 3.8) is 0 Å². The number of aromatic nitrogens is 2. The van der Waals surface area contributed by atoms with E-state index in [1.807, 2.05) is 0 Å². The Morgan fingerprint density at radius 2 is 0.743 bits per heavy atom. The molecule has 2 aliphatic carbocycles. The zero-order valence-corrected chi connectivity index (χ0v) is 42.0. The van der Waals surface area contributed by atoms with Gasteiger partial charge in [0.2, 0.25) is 0 Å². The predicted octanol–water partition coefficient (Wildman–Crippen LogP) is 19.2. The summed E-state index contributed by atoms with van der Waals surface area (Å²) in [7, 11) is 0. The molecule has 0 fully saturated rings. The van der Waals surface area contributed by atoms with Crippen LogP contribution in [-0.2, 0) is 10.8 Å². The van der Waals surface area contributed by atoms with Crippen LogP contribution in [0.25, 0.3) is 122 Å². The van der Waals surface area contributed by atoms with E-state index in [4.69, 9.17) is 0 Å².